The number of carbonyl (C=O) groups is 2. The van der Waals surface area contributed by atoms with Crippen molar-refractivity contribution < 1.29 is 57.0 Å². The van der Waals surface area contributed by atoms with Crippen molar-refractivity contribution in [1.82, 2.24) is 10.6 Å². The molecule has 0 aromatic heterocycles. The van der Waals surface area contributed by atoms with E-state index in [-0.39, 0.29) is 45.2 Å². The predicted octanol–water partition coefficient (Wildman–Crippen LogP) is 8.09. The van der Waals surface area contributed by atoms with Crippen LogP contribution in [0.4, 0.5) is 9.59 Å². The van der Waals surface area contributed by atoms with Gasteiger partial charge in [-0.15, -0.1) is 13.2 Å². The van der Waals surface area contributed by atoms with Crippen LogP contribution in [0.5, 0.6) is 23.0 Å². The molecular formula is C49H62N2O12. The zero-order valence-corrected chi connectivity index (χ0v) is 36.6. The van der Waals surface area contributed by atoms with Crippen molar-refractivity contribution in [2.45, 2.75) is 70.4 Å². The van der Waals surface area contributed by atoms with E-state index in [0.717, 1.165) is 64.1 Å². The maximum atomic E-state index is 12.8. The summed E-state index contributed by atoms with van der Waals surface area (Å²) in [5.41, 5.74) is 1.76. The molecule has 2 saturated heterocycles. The molecule has 2 amide bonds. The average molecular weight is 871 g/mol. The number of carbonyl (C=O) groups excluding carboxylic acids is 2. The smallest absolute Gasteiger partial charge is 0.407 e. The summed E-state index contributed by atoms with van der Waals surface area (Å²) in [6.45, 7) is 15.6. The van der Waals surface area contributed by atoms with Crippen LogP contribution in [0.1, 0.15) is 50.7 Å². The number of alkyl carbamates (subject to hydrolysis) is 2. The van der Waals surface area contributed by atoms with Gasteiger partial charge in [0.25, 0.3) is 0 Å². The molecule has 63 heavy (non-hydrogen) atoms. The highest BCUT2D eigenvalue weighted by atomic mass is 16.6. The number of epoxide rings is 2. The topological polar surface area (TPSA) is 157 Å². The number of fused-ring (bicyclic) bond motifs is 2. The third-order valence-electron chi connectivity index (χ3n) is 10.2. The number of ether oxygens (including phenoxy) is 10. The summed E-state index contributed by atoms with van der Waals surface area (Å²) in [7, 11) is 0. The van der Waals surface area contributed by atoms with E-state index >= 15 is 0 Å². The third-order valence-corrected chi connectivity index (χ3v) is 10.2. The van der Waals surface area contributed by atoms with Crippen molar-refractivity contribution in [3.63, 3.8) is 0 Å². The number of hydrogen-bond acceptors (Lipinski definition) is 12. The van der Waals surface area contributed by atoms with E-state index in [4.69, 9.17) is 47.4 Å². The van der Waals surface area contributed by atoms with Gasteiger partial charge in [0.2, 0.25) is 0 Å². The molecule has 0 bridgehead atoms. The fraction of sp³-hybridized carbons (Fsp3) is 0.469. The van der Waals surface area contributed by atoms with Crippen LogP contribution in [0, 0.1) is 0 Å². The van der Waals surface area contributed by atoms with Gasteiger partial charge in [0, 0.05) is 30.6 Å². The molecule has 4 aromatic carbocycles. The van der Waals surface area contributed by atoms with Crippen molar-refractivity contribution in [2.24, 2.45) is 0 Å². The van der Waals surface area contributed by atoms with Crippen molar-refractivity contribution in [3.05, 3.63) is 97.1 Å². The van der Waals surface area contributed by atoms with Crippen LogP contribution in [-0.4, -0.2) is 116 Å². The van der Waals surface area contributed by atoms with E-state index in [0.29, 0.717) is 69.8 Å². The fourth-order valence-electron chi connectivity index (χ4n) is 6.66. The van der Waals surface area contributed by atoms with Crippen molar-refractivity contribution in [2.75, 3.05) is 79.2 Å². The molecule has 0 aliphatic carbocycles. The lowest BCUT2D eigenvalue weighted by Gasteiger charge is -2.22. The van der Waals surface area contributed by atoms with Gasteiger partial charge in [0.05, 0.1) is 39.6 Å². The van der Waals surface area contributed by atoms with Crippen LogP contribution in [-0.2, 0) is 34.8 Å². The first-order valence-electron chi connectivity index (χ1n) is 22.0. The second kappa shape index (κ2) is 24.9. The molecule has 4 unspecified atom stereocenters. The summed E-state index contributed by atoms with van der Waals surface area (Å²) < 4.78 is 59.4. The molecule has 0 radical (unpaired) electrons. The molecule has 2 aliphatic rings. The molecule has 2 aliphatic heterocycles. The fourth-order valence-corrected chi connectivity index (χ4v) is 6.66. The monoisotopic (exact) mass is 870 g/mol. The standard InChI is InChI=1S/C49H62N2O12/c1-5-9-19-50-48(52)62-40(26-54-21-7-3)32-57-37-16-12-35-14-18-47(61-33-41(27-55-22-8-4)63-49(53)51-20-10-6-2)45(43(35)24-37)25-44-42-23-36(56-28-38-29-58-38)15-11-34(42)13-17-46(44)60-31-39-30-59-39/h7-8,11-18,23-24,38-41H,3-6,9-10,19-22,25-33H2,1-2H3,(H,50,52)(H,51,53). The van der Waals surface area contributed by atoms with Gasteiger partial charge >= 0.3 is 12.2 Å². The zero-order valence-electron chi connectivity index (χ0n) is 36.6. The Labute approximate surface area is 370 Å². The number of amides is 2. The Morgan fingerprint density at radius 2 is 1.11 bits per heavy atom. The van der Waals surface area contributed by atoms with Crippen LogP contribution >= 0.6 is 0 Å². The lowest BCUT2D eigenvalue weighted by molar-refractivity contribution is 0.00535. The van der Waals surface area contributed by atoms with Gasteiger partial charge in [-0.25, -0.2) is 9.59 Å². The van der Waals surface area contributed by atoms with Crippen LogP contribution in [0.2, 0.25) is 0 Å². The Balaban J connectivity index is 1.35. The van der Waals surface area contributed by atoms with Gasteiger partial charge in [-0.1, -0.05) is 63.1 Å². The molecule has 4 aromatic rings. The summed E-state index contributed by atoms with van der Waals surface area (Å²) in [6.07, 6.45) is 4.84. The summed E-state index contributed by atoms with van der Waals surface area (Å²) in [4.78, 5) is 25.5. The minimum atomic E-state index is -0.727. The molecular weight excluding hydrogens is 809 g/mol. The molecule has 2 N–H and O–H groups in total. The van der Waals surface area contributed by atoms with Gasteiger partial charge in [0.15, 0.2) is 12.2 Å². The second-order valence-electron chi connectivity index (χ2n) is 15.4. The maximum Gasteiger partial charge on any atom is 0.407 e. The van der Waals surface area contributed by atoms with Crippen molar-refractivity contribution in [1.29, 1.82) is 0 Å². The van der Waals surface area contributed by atoms with Gasteiger partial charge in [-0.3, -0.25) is 0 Å². The van der Waals surface area contributed by atoms with Crippen LogP contribution in [0.3, 0.4) is 0 Å². The van der Waals surface area contributed by atoms with Gasteiger partial charge in [-0.05, 0) is 70.8 Å². The second-order valence-corrected chi connectivity index (χ2v) is 15.4. The van der Waals surface area contributed by atoms with E-state index in [1.54, 1.807) is 12.2 Å². The number of hydrogen-bond donors (Lipinski definition) is 2. The first-order valence-corrected chi connectivity index (χ1v) is 22.0. The average Bonchev–Trinajstić information content (AvgIpc) is 4.24. The molecule has 4 atom stereocenters. The van der Waals surface area contributed by atoms with Crippen LogP contribution in [0.25, 0.3) is 21.5 Å². The van der Waals surface area contributed by atoms with Crippen molar-refractivity contribution in [3.8, 4) is 23.0 Å². The van der Waals surface area contributed by atoms with Gasteiger partial charge in [0.1, 0.15) is 61.6 Å². The third kappa shape index (κ3) is 15.3. The number of nitrogens with one attached hydrogen (secondary N) is 2. The molecule has 0 saturated carbocycles. The summed E-state index contributed by atoms with van der Waals surface area (Å²) in [5, 5.41) is 9.35. The quantitative estimate of drug-likeness (QED) is 0.0295. The predicted molar refractivity (Wildman–Crippen MR) is 241 cm³/mol. The molecule has 6 rings (SSSR count). The van der Waals surface area contributed by atoms with Gasteiger partial charge in [-0.2, -0.15) is 0 Å². The summed E-state index contributed by atoms with van der Waals surface area (Å²) in [5.74, 6) is 2.54. The first kappa shape index (κ1) is 47.0. The van der Waals surface area contributed by atoms with Crippen molar-refractivity contribution >= 4 is 33.7 Å². The lowest BCUT2D eigenvalue weighted by Crippen LogP contribution is -2.35. The van der Waals surface area contributed by atoms with E-state index < -0.39 is 24.4 Å². The van der Waals surface area contributed by atoms with Gasteiger partial charge < -0.3 is 58.0 Å². The number of benzene rings is 4. The Bertz CT molecular complexity index is 2090. The lowest BCUT2D eigenvalue weighted by atomic mass is 9.93. The van der Waals surface area contributed by atoms with Crippen LogP contribution in [0.15, 0.2) is 86.0 Å². The highest BCUT2D eigenvalue weighted by Crippen LogP contribution is 2.39. The SMILES string of the molecule is C=CCOCC(COc1ccc2ccc(OCC(COCC=C)OC(=O)NCCCC)c(Cc3c(OCC4CO4)ccc4ccc(OCC5CO5)cc34)c2c1)OC(=O)NCCCC. The largest absolute Gasteiger partial charge is 0.491 e. The molecule has 2 fully saturated rings. The molecule has 2 heterocycles. The number of unbranched alkanes of at least 4 members (excludes halogenated alkanes) is 2. The van der Waals surface area contributed by atoms with E-state index in [2.05, 4.69) is 37.6 Å². The normalized spacial score (nSPS) is 16.1. The Morgan fingerprint density at radius 3 is 1.60 bits per heavy atom. The maximum absolute atomic E-state index is 12.8. The zero-order chi connectivity index (χ0) is 44.2. The Kier molecular flexibility index (Phi) is 18.6. The summed E-state index contributed by atoms with van der Waals surface area (Å²) >= 11 is 0. The van der Waals surface area contributed by atoms with E-state index in [1.165, 1.54) is 0 Å². The molecule has 14 heteroatoms. The van der Waals surface area contributed by atoms with E-state index in [9.17, 15) is 9.59 Å². The molecule has 0 spiro atoms. The van der Waals surface area contributed by atoms with E-state index in [1.807, 2.05) is 60.7 Å². The van der Waals surface area contributed by atoms with Crippen LogP contribution < -0.4 is 29.6 Å². The Hall–Kier alpha value is -5.54. The number of rotatable bonds is 30. The Morgan fingerprint density at radius 1 is 0.651 bits per heavy atom. The highest BCUT2D eigenvalue weighted by molar-refractivity contribution is 5.93. The minimum absolute atomic E-state index is 0.0101. The summed E-state index contributed by atoms with van der Waals surface area (Å²) in [6, 6.07) is 19.8. The molecule has 340 valence electrons. The highest BCUT2D eigenvalue weighted by Gasteiger charge is 2.26. The first-order chi connectivity index (χ1) is 30.9. The minimum Gasteiger partial charge on any atom is -0.491 e. The molecule has 14 nitrogen and oxygen atoms in total.